The molecule has 8 nitrogen and oxygen atoms in total. The average molecular weight is 633 g/mol. The highest BCUT2D eigenvalue weighted by Gasteiger charge is 2.11. The Kier molecular flexibility index (Phi) is 8.20. The van der Waals surface area contributed by atoms with Gasteiger partial charge in [0.25, 0.3) is 0 Å². The third-order valence-corrected chi connectivity index (χ3v) is 8.11. The zero-order chi connectivity index (χ0) is 33.0. The fraction of sp³-hybridized carbons (Fsp3) is 0.0500. The van der Waals surface area contributed by atoms with Crippen LogP contribution >= 0.6 is 0 Å². The topological polar surface area (TPSA) is 93.5 Å². The summed E-state index contributed by atoms with van der Waals surface area (Å²) in [5, 5.41) is 20.0. The van der Waals surface area contributed by atoms with E-state index in [4.69, 9.17) is 9.47 Å². The first-order valence-corrected chi connectivity index (χ1v) is 15.3. The minimum absolute atomic E-state index is 0.233. The molecule has 0 saturated heterocycles. The normalized spacial score (nSPS) is 10.9. The van der Waals surface area contributed by atoms with E-state index < -0.39 is 0 Å². The van der Waals surface area contributed by atoms with Gasteiger partial charge >= 0.3 is 0 Å². The summed E-state index contributed by atoms with van der Waals surface area (Å²) in [6, 6.07) is 38.4. The second-order valence-corrected chi connectivity index (χ2v) is 11.1. The number of para-hydroxylation sites is 2. The number of methoxy groups -OCH3 is 2. The van der Waals surface area contributed by atoms with Crippen LogP contribution in [0.15, 0.2) is 146 Å². The molecule has 48 heavy (non-hydrogen) atoms. The largest absolute Gasteiger partial charge is 0.507 e. The minimum atomic E-state index is 0.233. The molecule has 8 heteroatoms. The maximum atomic E-state index is 10.0. The molecule has 0 amide bonds. The van der Waals surface area contributed by atoms with Crippen molar-refractivity contribution in [3.8, 4) is 67.8 Å². The van der Waals surface area contributed by atoms with Crippen LogP contribution in [0.1, 0.15) is 0 Å². The fourth-order valence-corrected chi connectivity index (χ4v) is 5.53. The summed E-state index contributed by atoms with van der Waals surface area (Å²) in [4.78, 5) is 9.18. The van der Waals surface area contributed by atoms with Gasteiger partial charge in [0.15, 0.2) is 0 Å². The molecular formula is C40H32N4O4. The molecule has 2 N–H and O–H groups in total. The quantitative estimate of drug-likeness (QED) is 0.190. The van der Waals surface area contributed by atoms with Crippen molar-refractivity contribution >= 4 is 11.3 Å². The Bertz CT molecular complexity index is 2170. The molecule has 0 radical (unpaired) electrons. The SMILES string of the molecule is COc1ccc(-c2ccc3nc(-c4ccccc4O)cn3c2)cc1.COc1ccc(-c2ccc3nc(-c4ccccc4O)cn3c2)cc1. The van der Waals surface area contributed by atoms with Crippen molar-refractivity contribution in [1.82, 2.24) is 18.8 Å². The molecule has 0 aliphatic heterocycles. The van der Waals surface area contributed by atoms with Crippen molar-refractivity contribution in [3.63, 3.8) is 0 Å². The van der Waals surface area contributed by atoms with Gasteiger partial charge in [-0.05, 0) is 95.1 Å². The van der Waals surface area contributed by atoms with E-state index in [1.165, 1.54) is 0 Å². The predicted octanol–water partition coefficient (Wildman–Crippen LogP) is 8.77. The number of nitrogens with zero attached hydrogens (tertiary/aromatic N) is 4. The van der Waals surface area contributed by atoms with Crippen LogP contribution in [-0.4, -0.2) is 43.2 Å². The second kappa shape index (κ2) is 13.1. The Morgan fingerprint density at radius 3 is 1.19 bits per heavy atom. The highest BCUT2D eigenvalue weighted by molar-refractivity contribution is 5.72. The van der Waals surface area contributed by atoms with Crippen LogP contribution in [0.4, 0.5) is 0 Å². The highest BCUT2D eigenvalue weighted by atomic mass is 16.5. The van der Waals surface area contributed by atoms with Crippen LogP contribution in [0.25, 0.3) is 56.1 Å². The highest BCUT2D eigenvalue weighted by Crippen LogP contribution is 2.31. The number of ether oxygens (including phenoxy) is 2. The molecule has 0 unspecified atom stereocenters. The van der Waals surface area contributed by atoms with Crippen molar-refractivity contribution in [2.45, 2.75) is 0 Å². The molecule has 0 spiro atoms. The summed E-state index contributed by atoms with van der Waals surface area (Å²) in [5.74, 6) is 2.14. The first-order chi connectivity index (χ1) is 23.5. The molecular weight excluding hydrogens is 600 g/mol. The van der Waals surface area contributed by atoms with E-state index in [0.29, 0.717) is 0 Å². The molecule has 0 fully saturated rings. The number of fused-ring (bicyclic) bond motifs is 2. The number of phenols is 2. The van der Waals surface area contributed by atoms with Crippen molar-refractivity contribution in [3.05, 3.63) is 146 Å². The Hall–Kier alpha value is -6.54. The number of imidazole rings is 2. The Morgan fingerprint density at radius 1 is 0.438 bits per heavy atom. The number of rotatable bonds is 6. The number of aromatic nitrogens is 4. The van der Waals surface area contributed by atoms with E-state index in [9.17, 15) is 10.2 Å². The monoisotopic (exact) mass is 632 g/mol. The van der Waals surface area contributed by atoms with E-state index in [1.54, 1.807) is 38.5 Å². The molecule has 8 rings (SSSR count). The van der Waals surface area contributed by atoms with Gasteiger partial charge in [-0.2, -0.15) is 0 Å². The molecule has 236 valence electrons. The average Bonchev–Trinajstić information content (AvgIpc) is 3.76. The first-order valence-electron chi connectivity index (χ1n) is 15.3. The summed E-state index contributed by atoms with van der Waals surface area (Å²) >= 11 is 0. The van der Waals surface area contributed by atoms with E-state index in [1.807, 2.05) is 131 Å². The van der Waals surface area contributed by atoms with Gasteiger partial charge < -0.3 is 28.5 Å². The number of pyridine rings is 2. The van der Waals surface area contributed by atoms with Crippen LogP contribution in [0, 0.1) is 0 Å². The Labute approximate surface area is 277 Å². The lowest BCUT2D eigenvalue weighted by molar-refractivity contribution is 0.415. The molecule has 0 aliphatic rings. The lowest BCUT2D eigenvalue weighted by Crippen LogP contribution is -1.86. The Morgan fingerprint density at radius 2 is 0.812 bits per heavy atom. The molecule has 8 aromatic rings. The van der Waals surface area contributed by atoms with Crippen molar-refractivity contribution < 1.29 is 19.7 Å². The van der Waals surface area contributed by atoms with Crippen molar-refractivity contribution in [2.75, 3.05) is 14.2 Å². The van der Waals surface area contributed by atoms with E-state index in [2.05, 4.69) is 9.97 Å². The number of aromatic hydroxyl groups is 2. The fourth-order valence-electron chi connectivity index (χ4n) is 5.53. The van der Waals surface area contributed by atoms with Gasteiger partial charge in [-0.3, -0.25) is 0 Å². The van der Waals surface area contributed by atoms with Crippen LogP contribution in [0.2, 0.25) is 0 Å². The molecule has 4 aromatic carbocycles. The summed E-state index contributed by atoms with van der Waals surface area (Å²) in [5.41, 5.74) is 9.03. The minimum Gasteiger partial charge on any atom is -0.507 e. The van der Waals surface area contributed by atoms with Crippen LogP contribution in [0.3, 0.4) is 0 Å². The standard InChI is InChI=1S/2C20H16N2O2/c2*1-24-16-9-6-14(7-10-16)15-8-11-20-21-18(13-22(20)12-15)17-4-2-3-5-19(17)23/h2*2-13,23H,1H3. The van der Waals surface area contributed by atoms with E-state index in [-0.39, 0.29) is 11.5 Å². The maximum absolute atomic E-state index is 10.0. The smallest absolute Gasteiger partial charge is 0.137 e. The van der Waals surface area contributed by atoms with Crippen LogP contribution in [0.5, 0.6) is 23.0 Å². The van der Waals surface area contributed by atoms with Gasteiger partial charge in [0.05, 0.1) is 25.6 Å². The number of benzene rings is 4. The third-order valence-electron chi connectivity index (χ3n) is 8.11. The second-order valence-electron chi connectivity index (χ2n) is 11.1. The van der Waals surface area contributed by atoms with Gasteiger partial charge in [-0.15, -0.1) is 0 Å². The summed E-state index contributed by atoms with van der Waals surface area (Å²) in [6.07, 6.45) is 7.93. The molecule has 0 bridgehead atoms. The van der Waals surface area contributed by atoms with Crippen molar-refractivity contribution in [1.29, 1.82) is 0 Å². The predicted molar refractivity (Wildman–Crippen MR) is 189 cm³/mol. The molecule has 0 aliphatic carbocycles. The molecule has 0 atom stereocenters. The Balaban J connectivity index is 0.000000152. The van der Waals surface area contributed by atoms with Crippen molar-refractivity contribution in [2.24, 2.45) is 0 Å². The number of hydrogen-bond donors (Lipinski definition) is 2. The first kappa shape index (κ1) is 30.1. The van der Waals surface area contributed by atoms with Crippen LogP contribution in [-0.2, 0) is 0 Å². The summed E-state index contributed by atoms with van der Waals surface area (Å²) in [6.45, 7) is 0. The lowest BCUT2D eigenvalue weighted by atomic mass is 10.1. The molecule has 0 saturated carbocycles. The zero-order valence-corrected chi connectivity index (χ0v) is 26.4. The number of hydrogen-bond acceptors (Lipinski definition) is 6. The van der Waals surface area contributed by atoms with Gasteiger partial charge in [0.1, 0.15) is 34.3 Å². The van der Waals surface area contributed by atoms with Gasteiger partial charge in [0, 0.05) is 35.9 Å². The zero-order valence-electron chi connectivity index (χ0n) is 26.4. The molecule has 4 aromatic heterocycles. The lowest BCUT2D eigenvalue weighted by Gasteiger charge is -2.04. The maximum Gasteiger partial charge on any atom is 0.137 e. The van der Waals surface area contributed by atoms with E-state index >= 15 is 0 Å². The summed E-state index contributed by atoms with van der Waals surface area (Å²) < 4.78 is 14.3. The van der Waals surface area contributed by atoms with Gasteiger partial charge in [0.2, 0.25) is 0 Å². The van der Waals surface area contributed by atoms with Gasteiger partial charge in [-0.25, -0.2) is 9.97 Å². The number of phenolic OH excluding ortho intramolecular Hbond substituents is 2. The third kappa shape index (κ3) is 6.15. The van der Waals surface area contributed by atoms with Gasteiger partial charge in [-0.1, -0.05) is 48.5 Å². The molecule has 4 heterocycles. The summed E-state index contributed by atoms with van der Waals surface area (Å²) in [7, 11) is 3.32. The van der Waals surface area contributed by atoms with Crippen LogP contribution < -0.4 is 9.47 Å². The van der Waals surface area contributed by atoms with E-state index in [0.717, 1.165) is 67.6 Å².